The van der Waals surface area contributed by atoms with Gasteiger partial charge in [-0.15, -0.1) is 10.2 Å². The van der Waals surface area contributed by atoms with E-state index in [4.69, 9.17) is 9.47 Å². The first-order valence-electron chi connectivity index (χ1n) is 7.63. The van der Waals surface area contributed by atoms with E-state index < -0.39 is 0 Å². The average Bonchev–Trinajstić information content (AvgIpc) is 2.97. The maximum atomic E-state index is 5.92. The van der Waals surface area contributed by atoms with Crippen LogP contribution >= 0.6 is 0 Å². The molecule has 4 rings (SSSR count). The molecule has 0 atom stereocenters. The summed E-state index contributed by atoms with van der Waals surface area (Å²) in [6.07, 6.45) is 1.73. The molecular weight excluding hydrogens is 290 g/mol. The fraction of sp³-hybridized carbons (Fsp3) is 0.222. The second-order valence-electron chi connectivity index (χ2n) is 5.63. The largest absolute Gasteiger partial charge is 0.491 e. The van der Waals surface area contributed by atoms with Crippen molar-refractivity contribution in [3.63, 3.8) is 0 Å². The average molecular weight is 307 g/mol. The van der Waals surface area contributed by atoms with Crippen LogP contribution < -0.4 is 9.47 Å². The third kappa shape index (κ3) is 2.77. The van der Waals surface area contributed by atoms with Crippen LogP contribution in [0.1, 0.15) is 11.1 Å². The molecule has 116 valence electrons. The van der Waals surface area contributed by atoms with Gasteiger partial charge in [0, 0.05) is 0 Å². The Labute approximate surface area is 134 Å². The van der Waals surface area contributed by atoms with Crippen LogP contribution in [0.15, 0.2) is 48.8 Å². The number of fused-ring (bicyclic) bond motifs is 3. The first-order chi connectivity index (χ1) is 11.3. The van der Waals surface area contributed by atoms with Crippen molar-refractivity contribution < 1.29 is 9.47 Å². The third-order valence-corrected chi connectivity index (χ3v) is 3.92. The van der Waals surface area contributed by atoms with E-state index in [1.807, 2.05) is 22.8 Å². The number of nitrogens with zero attached hydrogens (tertiary/aromatic N) is 3. The molecule has 5 heteroatoms. The van der Waals surface area contributed by atoms with E-state index in [9.17, 15) is 0 Å². The number of aryl methyl sites for hydroxylation is 1. The highest BCUT2D eigenvalue weighted by atomic mass is 16.5. The minimum absolute atomic E-state index is 0.534. The SMILES string of the molecule is Cc1ccc(COc2ccc3c(c2)-c2nncn2CCO3)cc1. The lowest BCUT2D eigenvalue weighted by Crippen LogP contribution is -2.04. The molecule has 0 fully saturated rings. The Morgan fingerprint density at radius 3 is 2.91 bits per heavy atom. The van der Waals surface area contributed by atoms with Crippen molar-refractivity contribution in [2.24, 2.45) is 0 Å². The van der Waals surface area contributed by atoms with E-state index in [2.05, 4.69) is 41.4 Å². The molecular formula is C18H17N3O2. The van der Waals surface area contributed by atoms with Crippen molar-refractivity contribution in [1.29, 1.82) is 0 Å². The summed E-state index contributed by atoms with van der Waals surface area (Å²) in [6, 6.07) is 14.2. The lowest BCUT2D eigenvalue weighted by Gasteiger charge is -2.10. The van der Waals surface area contributed by atoms with Gasteiger partial charge < -0.3 is 14.0 Å². The van der Waals surface area contributed by atoms with Gasteiger partial charge in [0.1, 0.15) is 31.0 Å². The summed E-state index contributed by atoms with van der Waals surface area (Å²) >= 11 is 0. The van der Waals surface area contributed by atoms with Crippen LogP contribution in [-0.2, 0) is 13.2 Å². The molecule has 0 bridgehead atoms. The molecule has 0 saturated carbocycles. The van der Waals surface area contributed by atoms with Gasteiger partial charge in [-0.1, -0.05) is 29.8 Å². The summed E-state index contributed by atoms with van der Waals surface area (Å²) in [6.45, 7) is 3.97. The predicted octanol–water partition coefficient (Wildman–Crippen LogP) is 3.22. The summed E-state index contributed by atoms with van der Waals surface area (Å²) in [5.41, 5.74) is 3.31. The van der Waals surface area contributed by atoms with E-state index in [0.29, 0.717) is 13.2 Å². The number of aromatic nitrogens is 3. The van der Waals surface area contributed by atoms with Gasteiger partial charge in [-0.25, -0.2) is 0 Å². The van der Waals surface area contributed by atoms with Crippen molar-refractivity contribution in [3.05, 3.63) is 59.9 Å². The molecule has 2 heterocycles. The lowest BCUT2D eigenvalue weighted by atomic mass is 10.1. The molecule has 0 N–H and O–H groups in total. The van der Waals surface area contributed by atoms with Gasteiger partial charge in [-0.3, -0.25) is 0 Å². The van der Waals surface area contributed by atoms with Crippen LogP contribution in [0.3, 0.4) is 0 Å². The molecule has 1 aliphatic rings. The highest BCUT2D eigenvalue weighted by Gasteiger charge is 2.17. The molecule has 0 radical (unpaired) electrons. The summed E-state index contributed by atoms with van der Waals surface area (Å²) in [7, 11) is 0. The zero-order chi connectivity index (χ0) is 15.6. The maximum absolute atomic E-state index is 5.92. The van der Waals surface area contributed by atoms with E-state index in [0.717, 1.165) is 35.0 Å². The second kappa shape index (κ2) is 5.76. The Kier molecular flexibility index (Phi) is 3.46. The van der Waals surface area contributed by atoms with Gasteiger partial charge in [0.25, 0.3) is 0 Å². The Morgan fingerprint density at radius 1 is 1.17 bits per heavy atom. The molecule has 0 unspecified atom stereocenters. The van der Waals surface area contributed by atoms with E-state index in [1.165, 1.54) is 5.56 Å². The summed E-state index contributed by atoms with van der Waals surface area (Å²) in [4.78, 5) is 0. The smallest absolute Gasteiger partial charge is 0.167 e. The molecule has 0 aliphatic carbocycles. The molecule has 23 heavy (non-hydrogen) atoms. The quantitative estimate of drug-likeness (QED) is 0.745. The number of hydrogen-bond acceptors (Lipinski definition) is 4. The van der Waals surface area contributed by atoms with E-state index in [-0.39, 0.29) is 0 Å². The Bertz CT molecular complexity index is 825. The number of hydrogen-bond donors (Lipinski definition) is 0. The maximum Gasteiger partial charge on any atom is 0.167 e. The van der Waals surface area contributed by atoms with Crippen LogP contribution in [0.4, 0.5) is 0 Å². The van der Waals surface area contributed by atoms with E-state index in [1.54, 1.807) is 6.33 Å². The first-order valence-corrected chi connectivity index (χ1v) is 7.63. The highest BCUT2D eigenvalue weighted by Crippen LogP contribution is 2.34. The summed E-state index contributed by atoms with van der Waals surface area (Å²) in [5, 5.41) is 8.20. The molecule has 0 spiro atoms. The van der Waals surface area contributed by atoms with Crippen LogP contribution in [-0.4, -0.2) is 21.4 Å². The zero-order valence-corrected chi connectivity index (χ0v) is 12.9. The topological polar surface area (TPSA) is 49.2 Å². The first kappa shape index (κ1) is 13.8. The number of rotatable bonds is 3. The lowest BCUT2D eigenvalue weighted by molar-refractivity contribution is 0.299. The van der Waals surface area contributed by atoms with Crippen molar-refractivity contribution in [3.8, 4) is 22.9 Å². The number of ether oxygens (including phenoxy) is 2. The third-order valence-electron chi connectivity index (χ3n) is 3.92. The predicted molar refractivity (Wildman–Crippen MR) is 86.5 cm³/mol. The van der Waals surface area contributed by atoms with Crippen molar-refractivity contribution in [2.75, 3.05) is 6.61 Å². The van der Waals surface area contributed by atoms with Crippen LogP contribution in [0.5, 0.6) is 11.5 Å². The summed E-state index contributed by atoms with van der Waals surface area (Å²) in [5.74, 6) is 2.43. The van der Waals surface area contributed by atoms with Gasteiger partial charge >= 0.3 is 0 Å². The van der Waals surface area contributed by atoms with Crippen LogP contribution in [0.2, 0.25) is 0 Å². The van der Waals surface area contributed by atoms with Gasteiger partial charge in [0.05, 0.1) is 12.1 Å². The van der Waals surface area contributed by atoms with E-state index >= 15 is 0 Å². The zero-order valence-electron chi connectivity index (χ0n) is 12.9. The Morgan fingerprint density at radius 2 is 2.04 bits per heavy atom. The minimum atomic E-state index is 0.534. The standard InChI is InChI=1S/C18H17N3O2/c1-13-2-4-14(5-3-13)11-23-15-6-7-17-16(10-15)18-20-19-12-21(18)8-9-22-17/h2-7,10,12H,8-9,11H2,1H3. The van der Waals surface area contributed by atoms with Crippen molar-refractivity contribution in [2.45, 2.75) is 20.1 Å². The van der Waals surface area contributed by atoms with Crippen molar-refractivity contribution >= 4 is 0 Å². The molecule has 0 saturated heterocycles. The monoisotopic (exact) mass is 307 g/mol. The fourth-order valence-corrected chi connectivity index (χ4v) is 2.63. The summed E-state index contributed by atoms with van der Waals surface area (Å²) < 4.78 is 13.7. The van der Waals surface area contributed by atoms with Crippen molar-refractivity contribution in [1.82, 2.24) is 14.8 Å². The molecule has 3 aromatic rings. The Hall–Kier alpha value is -2.82. The number of benzene rings is 2. The molecule has 2 aromatic carbocycles. The molecule has 1 aromatic heterocycles. The van der Waals surface area contributed by atoms with Gasteiger partial charge in [-0.05, 0) is 30.7 Å². The van der Waals surface area contributed by atoms with Crippen LogP contribution in [0, 0.1) is 6.92 Å². The van der Waals surface area contributed by atoms with Gasteiger partial charge in [0.15, 0.2) is 5.82 Å². The fourth-order valence-electron chi connectivity index (χ4n) is 2.63. The van der Waals surface area contributed by atoms with Gasteiger partial charge in [-0.2, -0.15) is 0 Å². The molecule has 1 aliphatic heterocycles. The molecule has 0 amide bonds. The van der Waals surface area contributed by atoms with Gasteiger partial charge in [0.2, 0.25) is 0 Å². The minimum Gasteiger partial charge on any atom is -0.491 e. The van der Waals surface area contributed by atoms with Crippen LogP contribution in [0.25, 0.3) is 11.4 Å². The molecule has 5 nitrogen and oxygen atoms in total. The highest BCUT2D eigenvalue weighted by molar-refractivity contribution is 5.66. The second-order valence-corrected chi connectivity index (χ2v) is 5.63. The normalized spacial score (nSPS) is 12.7. The Balaban J connectivity index is 1.59.